The van der Waals surface area contributed by atoms with Crippen molar-refractivity contribution in [3.63, 3.8) is 0 Å². The highest BCUT2D eigenvalue weighted by atomic mass is 16.2. The number of nitrogens with one attached hydrogen (secondary N) is 3. The molecule has 3 N–H and O–H groups in total. The van der Waals surface area contributed by atoms with Crippen molar-refractivity contribution in [2.75, 3.05) is 13.1 Å². The van der Waals surface area contributed by atoms with Crippen molar-refractivity contribution in [3.8, 4) is 0 Å². The van der Waals surface area contributed by atoms with Crippen LogP contribution in [-0.2, 0) is 9.59 Å². The Labute approximate surface area is 103 Å². The first-order chi connectivity index (χ1) is 8.13. The van der Waals surface area contributed by atoms with Crippen LogP contribution >= 0.6 is 0 Å². The molecule has 0 bridgehead atoms. The normalized spacial score (nSPS) is 20.9. The molecule has 0 aromatic heterocycles. The fourth-order valence-electron chi connectivity index (χ4n) is 1.78. The molecule has 98 valence electrons. The fourth-order valence-corrected chi connectivity index (χ4v) is 1.78. The minimum atomic E-state index is -0.0624. The molecule has 17 heavy (non-hydrogen) atoms. The standard InChI is InChI=1S/C12H23N3O2/c1-3-9(2)15-11(16)6-8-14-12(17)10-5-4-7-13-10/h9-10,13H,3-8H2,1-2H3,(H,14,17)(H,15,16)/t9?,10-/m0/s1. The van der Waals surface area contributed by atoms with E-state index in [1.165, 1.54) is 0 Å². The molecule has 1 heterocycles. The van der Waals surface area contributed by atoms with Crippen molar-refractivity contribution in [1.82, 2.24) is 16.0 Å². The van der Waals surface area contributed by atoms with E-state index in [4.69, 9.17) is 0 Å². The van der Waals surface area contributed by atoms with E-state index < -0.39 is 0 Å². The second kappa shape index (κ2) is 7.27. The van der Waals surface area contributed by atoms with Crippen LogP contribution in [0.3, 0.4) is 0 Å². The summed E-state index contributed by atoms with van der Waals surface area (Å²) >= 11 is 0. The molecule has 1 saturated heterocycles. The van der Waals surface area contributed by atoms with Gasteiger partial charge in [0.2, 0.25) is 11.8 Å². The summed E-state index contributed by atoms with van der Waals surface area (Å²) in [4.78, 5) is 23.0. The zero-order valence-corrected chi connectivity index (χ0v) is 10.7. The van der Waals surface area contributed by atoms with Gasteiger partial charge in [0, 0.05) is 19.0 Å². The van der Waals surface area contributed by atoms with Crippen molar-refractivity contribution in [1.29, 1.82) is 0 Å². The summed E-state index contributed by atoms with van der Waals surface area (Å²) in [5.74, 6) is 0.0119. The third-order valence-electron chi connectivity index (χ3n) is 3.05. The Morgan fingerprint density at radius 2 is 2.24 bits per heavy atom. The maximum absolute atomic E-state index is 11.6. The highest BCUT2D eigenvalue weighted by Gasteiger charge is 2.21. The van der Waals surface area contributed by atoms with Crippen LogP contribution in [0.15, 0.2) is 0 Å². The molecule has 2 amide bonds. The van der Waals surface area contributed by atoms with Crippen molar-refractivity contribution < 1.29 is 9.59 Å². The Balaban J connectivity index is 2.10. The van der Waals surface area contributed by atoms with E-state index in [0.717, 1.165) is 25.8 Å². The maximum Gasteiger partial charge on any atom is 0.237 e. The lowest BCUT2D eigenvalue weighted by Crippen LogP contribution is -2.42. The number of carbonyl (C=O) groups is 2. The van der Waals surface area contributed by atoms with E-state index in [9.17, 15) is 9.59 Å². The largest absolute Gasteiger partial charge is 0.354 e. The van der Waals surface area contributed by atoms with Crippen LogP contribution in [0.5, 0.6) is 0 Å². The van der Waals surface area contributed by atoms with Crippen molar-refractivity contribution in [2.45, 2.75) is 51.6 Å². The molecule has 5 nitrogen and oxygen atoms in total. The van der Waals surface area contributed by atoms with Crippen LogP contribution in [0.1, 0.15) is 39.5 Å². The number of amides is 2. The average molecular weight is 241 g/mol. The molecule has 1 aliphatic rings. The van der Waals surface area contributed by atoms with Crippen LogP contribution in [-0.4, -0.2) is 37.0 Å². The van der Waals surface area contributed by atoms with Crippen molar-refractivity contribution in [3.05, 3.63) is 0 Å². The fraction of sp³-hybridized carbons (Fsp3) is 0.833. The Morgan fingerprint density at radius 1 is 1.47 bits per heavy atom. The summed E-state index contributed by atoms with van der Waals surface area (Å²) < 4.78 is 0. The Bertz CT molecular complexity index is 262. The molecule has 5 heteroatoms. The van der Waals surface area contributed by atoms with Gasteiger partial charge in [0.15, 0.2) is 0 Å². The van der Waals surface area contributed by atoms with E-state index in [-0.39, 0.29) is 23.9 Å². The predicted octanol–water partition coefficient (Wildman–Crippen LogP) is 0.159. The average Bonchev–Trinajstić information content (AvgIpc) is 2.82. The smallest absolute Gasteiger partial charge is 0.237 e. The third-order valence-corrected chi connectivity index (χ3v) is 3.05. The van der Waals surface area contributed by atoms with Gasteiger partial charge >= 0.3 is 0 Å². The van der Waals surface area contributed by atoms with Crippen molar-refractivity contribution in [2.24, 2.45) is 0 Å². The van der Waals surface area contributed by atoms with E-state index in [0.29, 0.717) is 13.0 Å². The first-order valence-electron chi connectivity index (χ1n) is 6.44. The quantitative estimate of drug-likeness (QED) is 0.620. The molecule has 2 atom stereocenters. The van der Waals surface area contributed by atoms with Gasteiger partial charge in [-0.1, -0.05) is 6.92 Å². The summed E-state index contributed by atoms with van der Waals surface area (Å²) in [7, 11) is 0. The lowest BCUT2D eigenvalue weighted by Gasteiger charge is -2.13. The minimum absolute atomic E-state index is 0.000897. The van der Waals surface area contributed by atoms with E-state index in [1.54, 1.807) is 0 Å². The molecule has 0 aromatic carbocycles. The van der Waals surface area contributed by atoms with Gasteiger partial charge in [0.1, 0.15) is 0 Å². The van der Waals surface area contributed by atoms with Gasteiger partial charge in [-0.3, -0.25) is 9.59 Å². The molecular formula is C12H23N3O2. The maximum atomic E-state index is 11.6. The number of hydrogen-bond donors (Lipinski definition) is 3. The lowest BCUT2D eigenvalue weighted by molar-refractivity contribution is -0.123. The SMILES string of the molecule is CCC(C)NC(=O)CCNC(=O)[C@@H]1CCCN1. The highest BCUT2D eigenvalue weighted by Crippen LogP contribution is 2.04. The van der Waals surface area contributed by atoms with E-state index in [1.807, 2.05) is 13.8 Å². The molecule has 1 rings (SSSR count). The van der Waals surface area contributed by atoms with Crippen LogP contribution in [0.4, 0.5) is 0 Å². The zero-order valence-electron chi connectivity index (χ0n) is 10.7. The highest BCUT2D eigenvalue weighted by molar-refractivity contribution is 5.83. The Hall–Kier alpha value is -1.10. The van der Waals surface area contributed by atoms with Crippen LogP contribution < -0.4 is 16.0 Å². The monoisotopic (exact) mass is 241 g/mol. The van der Waals surface area contributed by atoms with Crippen LogP contribution in [0, 0.1) is 0 Å². The lowest BCUT2D eigenvalue weighted by atomic mass is 10.2. The van der Waals surface area contributed by atoms with Gasteiger partial charge in [-0.2, -0.15) is 0 Å². The Kier molecular flexibility index (Phi) is 5.97. The molecule has 1 fully saturated rings. The molecule has 0 aliphatic carbocycles. The zero-order chi connectivity index (χ0) is 12.7. The predicted molar refractivity (Wildman–Crippen MR) is 66.5 cm³/mol. The minimum Gasteiger partial charge on any atom is -0.354 e. The van der Waals surface area contributed by atoms with Crippen molar-refractivity contribution >= 4 is 11.8 Å². The second-order valence-electron chi connectivity index (χ2n) is 4.57. The van der Waals surface area contributed by atoms with Crippen LogP contribution in [0.2, 0.25) is 0 Å². The first kappa shape index (κ1) is 14.0. The van der Waals surface area contributed by atoms with E-state index >= 15 is 0 Å². The van der Waals surface area contributed by atoms with Gasteiger partial charge in [0.25, 0.3) is 0 Å². The summed E-state index contributed by atoms with van der Waals surface area (Å²) in [5, 5.41) is 8.77. The summed E-state index contributed by atoms with van der Waals surface area (Å²) in [6.45, 7) is 5.32. The first-order valence-corrected chi connectivity index (χ1v) is 6.44. The number of rotatable bonds is 6. The Morgan fingerprint density at radius 3 is 2.82 bits per heavy atom. The van der Waals surface area contributed by atoms with Gasteiger partial charge in [-0.25, -0.2) is 0 Å². The molecule has 0 aromatic rings. The summed E-state index contributed by atoms with van der Waals surface area (Å²) in [6.07, 6.45) is 3.21. The number of carbonyl (C=O) groups excluding carboxylic acids is 2. The third kappa shape index (κ3) is 5.17. The van der Waals surface area contributed by atoms with Crippen LogP contribution in [0.25, 0.3) is 0 Å². The molecule has 1 unspecified atom stereocenters. The summed E-state index contributed by atoms with van der Waals surface area (Å²) in [5.41, 5.74) is 0. The summed E-state index contributed by atoms with van der Waals surface area (Å²) in [6, 6.07) is 0.141. The van der Waals surface area contributed by atoms with Gasteiger partial charge in [-0.15, -0.1) is 0 Å². The molecule has 0 saturated carbocycles. The van der Waals surface area contributed by atoms with Gasteiger partial charge in [-0.05, 0) is 32.7 Å². The molecular weight excluding hydrogens is 218 g/mol. The molecule has 1 aliphatic heterocycles. The van der Waals surface area contributed by atoms with E-state index in [2.05, 4.69) is 16.0 Å². The van der Waals surface area contributed by atoms with Gasteiger partial charge in [0.05, 0.1) is 6.04 Å². The topological polar surface area (TPSA) is 70.2 Å². The second-order valence-corrected chi connectivity index (χ2v) is 4.57. The number of hydrogen-bond acceptors (Lipinski definition) is 3. The van der Waals surface area contributed by atoms with Gasteiger partial charge < -0.3 is 16.0 Å². The molecule has 0 spiro atoms. The molecule has 0 radical (unpaired) electrons.